The number of hydrogen-bond acceptors (Lipinski definition) is 7. The van der Waals surface area contributed by atoms with Crippen LogP contribution in [0.4, 0.5) is 4.79 Å². The van der Waals surface area contributed by atoms with Crippen LogP contribution in [0.25, 0.3) is 17.4 Å². The number of carboxylic acid groups (broad SMARTS) is 1. The molecule has 0 unspecified atom stereocenters. The molecule has 32 heavy (non-hydrogen) atoms. The van der Waals surface area contributed by atoms with E-state index in [1.54, 1.807) is 36.4 Å². The van der Waals surface area contributed by atoms with Crippen molar-refractivity contribution in [2.45, 2.75) is 6.54 Å². The summed E-state index contributed by atoms with van der Waals surface area (Å²) in [4.78, 5) is 37.5. The minimum Gasteiger partial charge on any atom is -0.545 e. The first-order valence-corrected chi connectivity index (χ1v) is 10.4. The summed E-state index contributed by atoms with van der Waals surface area (Å²) >= 11 is 6.92. The second-order valence-electron chi connectivity index (χ2n) is 6.72. The fourth-order valence-corrected chi connectivity index (χ4v) is 4.15. The fourth-order valence-electron chi connectivity index (χ4n) is 3.12. The number of imide groups is 1. The number of rotatable bonds is 5. The number of furan rings is 1. The molecule has 0 spiro atoms. The lowest BCUT2D eigenvalue weighted by atomic mass is 10.1. The van der Waals surface area contributed by atoms with Gasteiger partial charge in [0.15, 0.2) is 0 Å². The maximum Gasteiger partial charge on any atom is 0.293 e. The van der Waals surface area contributed by atoms with Gasteiger partial charge in [0.25, 0.3) is 11.1 Å². The van der Waals surface area contributed by atoms with Crippen LogP contribution in [0.5, 0.6) is 0 Å². The highest BCUT2D eigenvalue weighted by Gasteiger charge is 2.35. The Hall–Kier alpha value is -3.80. The molecule has 3 aromatic rings. The molecule has 0 radical (unpaired) electrons. The highest BCUT2D eigenvalue weighted by atomic mass is 35.5. The molecule has 9 heteroatoms. The molecule has 1 aliphatic heterocycles. The molecule has 0 N–H and O–H groups in total. The van der Waals surface area contributed by atoms with Gasteiger partial charge in [0.2, 0.25) is 0 Å². The van der Waals surface area contributed by atoms with Gasteiger partial charge in [0.05, 0.1) is 34.1 Å². The van der Waals surface area contributed by atoms with E-state index in [4.69, 9.17) is 16.0 Å². The summed E-state index contributed by atoms with van der Waals surface area (Å²) in [6, 6.07) is 16.0. The topological polar surface area (TPSA) is 114 Å². The number of carboxylic acids is 1. The number of carbonyl (C=O) groups excluding carboxylic acids is 3. The molecular formula is C23H12ClN2O5S-. The number of amides is 2. The van der Waals surface area contributed by atoms with Crippen molar-refractivity contribution < 1.29 is 23.9 Å². The Kier molecular flexibility index (Phi) is 5.86. The molecule has 7 nitrogen and oxygen atoms in total. The van der Waals surface area contributed by atoms with Crippen LogP contribution in [0, 0.1) is 11.3 Å². The zero-order valence-corrected chi connectivity index (χ0v) is 17.8. The Labute approximate surface area is 191 Å². The molecule has 4 rings (SSSR count). The molecule has 0 saturated carbocycles. The standard InChI is InChI=1S/C23H13ClN2O5S/c24-18-7-5-13(22(28)29)9-17(18)19-8-6-16(31-19)10-20-21(27)26(23(30)32-20)12-15-4-2-1-3-14(15)11-25/h1-10H,12H2,(H,28,29)/p-1/b20-10+. The minimum absolute atomic E-state index is 0.0131. The Morgan fingerprint density at radius 1 is 1.19 bits per heavy atom. The third kappa shape index (κ3) is 4.17. The molecule has 1 aliphatic rings. The number of thioether (sulfide) groups is 1. The van der Waals surface area contributed by atoms with E-state index in [1.807, 2.05) is 6.07 Å². The third-order valence-corrected chi connectivity index (χ3v) is 5.94. The van der Waals surface area contributed by atoms with Gasteiger partial charge in [-0.15, -0.1) is 0 Å². The molecule has 1 aromatic heterocycles. The number of benzene rings is 2. The van der Waals surface area contributed by atoms with Crippen LogP contribution in [-0.4, -0.2) is 22.0 Å². The Bertz CT molecular complexity index is 1340. The predicted molar refractivity (Wildman–Crippen MR) is 116 cm³/mol. The van der Waals surface area contributed by atoms with Crippen molar-refractivity contribution in [1.29, 1.82) is 5.26 Å². The lowest BCUT2D eigenvalue weighted by Gasteiger charge is -2.13. The normalized spacial score (nSPS) is 14.8. The summed E-state index contributed by atoms with van der Waals surface area (Å²) in [5.41, 5.74) is 1.26. The summed E-state index contributed by atoms with van der Waals surface area (Å²) in [5.74, 6) is -1.26. The maximum absolute atomic E-state index is 12.8. The minimum atomic E-state index is -1.35. The largest absolute Gasteiger partial charge is 0.545 e. The van der Waals surface area contributed by atoms with E-state index >= 15 is 0 Å². The summed E-state index contributed by atoms with van der Waals surface area (Å²) in [6.07, 6.45) is 1.43. The van der Waals surface area contributed by atoms with E-state index in [1.165, 1.54) is 24.3 Å². The summed E-state index contributed by atoms with van der Waals surface area (Å²) in [5, 5.41) is 20.2. The number of aromatic carboxylic acids is 1. The number of nitriles is 1. The molecule has 1 saturated heterocycles. The average molecular weight is 464 g/mol. The lowest BCUT2D eigenvalue weighted by Crippen LogP contribution is -2.27. The summed E-state index contributed by atoms with van der Waals surface area (Å²) in [6.45, 7) is -0.0131. The van der Waals surface area contributed by atoms with Gasteiger partial charge in [-0.3, -0.25) is 14.5 Å². The Balaban J connectivity index is 1.58. The second kappa shape index (κ2) is 8.75. The van der Waals surface area contributed by atoms with Crippen LogP contribution >= 0.6 is 23.4 Å². The van der Waals surface area contributed by atoms with Gasteiger partial charge in [-0.2, -0.15) is 5.26 Å². The van der Waals surface area contributed by atoms with Gasteiger partial charge in [-0.05, 0) is 53.2 Å². The van der Waals surface area contributed by atoms with Crippen molar-refractivity contribution in [3.63, 3.8) is 0 Å². The van der Waals surface area contributed by atoms with Gasteiger partial charge in [-0.25, -0.2) is 0 Å². The molecule has 0 atom stereocenters. The molecule has 2 aromatic carbocycles. The van der Waals surface area contributed by atoms with E-state index in [-0.39, 0.29) is 27.8 Å². The predicted octanol–water partition coefficient (Wildman–Crippen LogP) is 4.07. The van der Waals surface area contributed by atoms with Gasteiger partial charge >= 0.3 is 0 Å². The van der Waals surface area contributed by atoms with Crippen LogP contribution in [-0.2, 0) is 11.3 Å². The smallest absolute Gasteiger partial charge is 0.293 e. The van der Waals surface area contributed by atoms with Crippen molar-refractivity contribution in [1.82, 2.24) is 4.90 Å². The van der Waals surface area contributed by atoms with Crippen molar-refractivity contribution in [3.8, 4) is 17.4 Å². The van der Waals surface area contributed by atoms with Crippen LogP contribution in [0.1, 0.15) is 27.2 Å². The van der Waals surface area contributed by atoms with Gasteiger partial charge in [0, 0.05) is 11.6 Å². The Morgan fingerprint density at radius 3 is 2.72 bits per heavy atom. The number of halogens is 1. The average Bonchev–Trinajstić information content (AvgIpc) is 3.34. The maximum atomic E-state index is 12.8. The zero-order chi connectivity index (χ0) is 22.8. The first-order chi connectivity index (χ1) is 15.4. The van der Waals surface area contributed by atoms with E-state index in [0.29, 0.717) is 22.5 Å². The van der Waals surface area contributed by atoms with Crippen molar-refractivity contribution >= 4 is 46.6 Å². The van der Waals surface area contributed by atoms with Crippen LogP contribution in [0.3, 0.4) is 0 Å². The van der Waals surface area contributed by atoms with Crippen molar-refractivity contribution in [3.05, 3.63) is 87.0 Å². The fraction of sp³-hybridized carbons (Fsp3) is 0.0435. The molecule has 0 bridgehead atoms. The van der Waals surface area contributed by atoms with Crippen LogP contribution < -0.4 is 5.11 Å². The van der Waals surface area contributed by atoms with E-state index < -0.39 is 17.1 Å². The molecule has 1 fully saturated rings. The number of carbonyl (C=O) groups is 3. The van der Waals surface area contributed by atoms with Gasteiger partial charge in [-0.1, -0.05) is 35.9 Å². The third-order valence-electron chi connectivity index (χ3n) is 4.71. The summed E-state index contributed by atoms with van der Waals surface area (Å²) < 4.78 is 5.71. The molecular weight excluding hydrogens is 452 g/mol. The second-order valence-corrected chi connectivity index (χ2v) is 8.12. The van der Waals surface area contributed by atoms with Gasteiger partial charge in [0.1, 0.15) is 11.5 Å². The monoisotopic (exact) mass is 463 g/mol. The SMILES string of the molecule is N#Cc1ccccc1CN1C(=O)S/C(=C/c2ccc(-c3cc(C(=O)[O-])ccc3Cl)o2)C1=O. The highest BCUT2D eigenvalue weighted by Crippen LogP contribution is 2.35. The summed E-state index contributed by atoms with van der Waals surface area (Å²) in [7, 11) is 0. The number of hydrogen-bond donors (Lipinski definition) is 0. The molecule has 2 heterocycles. The molecule has 0 aliphatic carbocycles. The van der Waals surface area contributed by atoms with Crippen LogP contribution in [0.15, 0.2) is 63.9 Å². The van der Waals surface area contributed by atoms with Gasteiger partial charge < -0.3 is 14.3 Å². The van der Waals surface area contributed by atoms with Crippen LogP contribution in [0.2, 0.25) is 5.02 Å². The lowest BCUT2D eigenvalue weighted by molar-refractivity contribution is -0.255. The quantitative estimate of drug-likeness (QED) is 0.524. The van der Waals surface area contributed by atoms with E-state index in [2.05, 4.69) is 0 Å². The van der Waals surface area contributed by atoms with Crippen molar-refractivity contribution in [2.24, 2.45) is 0 Å². The highest BCUT2D eigenvalue weighted by molar-refractivity contribution is 8.18. The Morgan fingerprint density at radius 2 is 1.97 bits per heavy atom. The zero-order valence-electron chi connectivity index (χ0n) is 16.2. The van der Waals surface area contributed by atoms with E-state index in [9.17, 15) is 24.8 Å². The molecule has 2 amide bonds. The van der Waals surface area contributed by atoms with E-state index in [0.717, 1.165) is 16.7 Å². The first-order valence-electron chi connectivity index (χ1n) is 9.22. The number of nitrogens with zero attached hydrogens (tertiary/aromatic N) is 2. The molecule has 158 valence electrons. The first kappa shape index (κ1) is 21.4. The van der Waals surface area contributed by atoms with Crippen molar-refractivity contribution in [2.75, 3.05) is 0 Å².